The van der Waals surface area contributed by atoms with Crippen LogP contribution in [-0.2, 0) is 27.9 Å². The number of nitrogens with one attached hydrogen (secondary N) is 1. The second kappa shape index (κ2) is 6.84. The third kappa shape index (κ3) is 3.28. The van der Waals surface area contributed by atoms with Crippen molar-refractivity contribution in [3.63, 3.8) is 0 Å². The Morgan fingerprint density at radius 1 is 1.22 bits per heavy atom. The van der Waals surface area contributed by atoms with E-state index in [-0.39, 0.29) is 18.1 Å². The molecule has 3 aliphatic rings. The maximum absolute atomic E-state index is 13.0. The Morgan fingerprint density at radius 2 is 1.96 bits per heavy atom. The molecule has 10 heteroatoms. The van der Waals surface area contributed by atoms with Gasteiger partial charge in [-0.25, -0.2) is 0 Å². The predicted molar refractivity (Wildman–Crippen MR) is 98.4 cm³/mol. The molecule has 1 N–H and O–H groups in total. The van der Waals surface area contributed by atoms with Crippen molar-refractivity contribution in [2.45, 2.75) is 44.2 Å². The van der Waals surface area contributed by atoms with Crippen molar-refractivity contribution in [1.29, 1.82) is 0 Å². The molecule has 1 aromatic rings. The van der Waals surface area contributed by atoms with Crippen LogP contribution in [0.25, 0.3) is 0 Å². The molecule has 1 spiro atoms. The van der Waals surface area contributed by atoms with Crippen LogP contribution in [0.4, 0.5) is 0 Å². The number of carbonyl (C=O) groups excluding carboxylic acids is 1. The van der Waals surface area contributed by atoms with Gasteiger partial charge in [-0.3, -0.25) is 9.89 Å². The third-order valence-corrected chi connectivity index (χ3v) is 7.92. The Labute approximate surface area is 159 Å². The number of rotatable bonds is 3. The predicted octanol–water partition coefficient (Wildman–Crippen LogP) is 0.359. The van der Waals surface area contributed by atoms with Gasteiger partial charge in [0.25, 0.3) is 16.1 Å². The van der Waals surface area contributed by atoms with Crippen LogP contribution in [-0.4, -0.2) is 84.0 Å². The number of aromatic nitrogens is 2. The first-order valence-corrected chi connectivity index (χ1v) is 10.9. The van der Waals surface area contributed by atoms with Crippen LogP contribution in [0.2, 0.25) is 0 Å². The van der Waals surface area contributed by atoms with E-state index in [1.807, 2.05) is 4.90 Å². The second-order valence-electron chi connectivity index (χ2n) is 7.83. The van der Waals surface area contributed by atoms with Crippen molar-refractivity contribution in [3.05, 3.63) is 17.0 Å². The van der Waals surface area contributed by atoms with E-state index in [9.17, 15) is 13.2 Å². The Hall–Kier alpha value is -1.49. The molecule has 3 aliphatic heterocycles. The number of ether oxygens (including phenoxy) is 1. The summed E-state index contributed by atoms with van der Waals surface area (Å²) in [7, 11) is -0.442. The summed E-state index contributed by atoms with van der Waals surface area (Å²) in [5.74, 6) is -0.0655. The number of likely N-dealkylation sites (tertiary alicyclic amines) is 1. The van der Waals surface area contributed by atoms with Crippen molar-refractivity contribution in [1.82, 2.24) is 23.7 Å². The normalized spacial score (nSPS) is 23.1. The fourth-order valence-corrected chi connectivity index (χ4v) is 5.39. The lowest BCUT2D eigenvalue weighted by atomic mass is 9.88. The van der Waals surface area contributed by atoms with Gasteiger partial charge in [0.2, 0.25) is 0 Å². The van der Waals surface area contributed by atoms with Crippen LogP contribution in [0.15, 0.2) is 0 Å². The highest BCUT2D eigenvalue weighted by Gasteiger charge is 2.40. The zero-order valence-corrected chi connectivity index (χ0v) is 16.7. The summed E-state index contributed by atoms with van der Waals surface area (Å²) >= 11 is 0. The first-order chi connectivity index (χ1) is 12.8. The molecule has 0 bridgehead atoms. The molecule has 9 nitrogen and oxygen atoms in total. The monoisotopic (exact) mass is 397 g/mol. The maximum atomic E-state index is 13.0. The maximum Gasteiger partial charge on any atom is 0.281 e. The number of hydrogen-bond donors (Lipinski definition) is 1. The number of amides is 1. The molecule has 27 heavy (non-hydrogen) atoms. The van der Waals surface area contributed by atoms with Crippen molar-refractivity contribution < 1.29 is 17.9 Å². The van der Waals surface area contributed by atoms with Gasteiger partial charge in [0.1, 0.15) is 0 Å². The molecule has 2 saturated heterocycles. The van der Waals surface area contributed by atoms with Crippen molar-refractivity contribution in [3.8, 4) is 0 Å². The smallest absolute Gasteiger partial charge is 0.281 e. The standard InChI is InChI=1S/C17H27N5O4S/c1-20(2)27(24,25)22-8-4-13-14(12-22)18-19-15(13)16(23)21-9-6-17(7-10-21)5-3-11-26-17/h3-12H2,1-2H3,(H,18,19). The lowest BCUT2D eigenvalue weighted by molar-refractivity contribution is -0.0388. The number of piperidine rings is 1. The first-order valence-electron chi connectivity index (χ1n) is 9.49. The summed E-state index contributed by atoms with van der Waals surface area (Å²) in [6.45, 7) is 2.76. The Kier molecular flexibility index (Phi) is 4.77. The number of aromatic amines is 1. The summed E-state index contributed by atoms with van der Waals surface area (Å²) in [6, 6.07) is 0. The van der Waals surface area contributed by atoms with Crippen LogP contribution in [0.5, 0.6) is 0 Å². The van der Waals surface area contributed by atoms with E-state index >= 15 is 0 Å². The zero-order chi connectivity index (χ0) is 19.2. The van der Waals surface area contributed by atoms with Gasteiger partial charge in [0.05, 0.1) is 17.8 Å². The minimum atomic E-state index is -3.48. The van der Waals surface area contributed by atoms with Gasteiger partial charge < -0.3 is 9.64 Å². The van der Waals surface area contributed by atoms with E-state index in [2.05, 4.69) is 10.2 Å². The highest BCUT2D eigenvalue weighted by Crippen LogP contribution is 2.36. The molecule has 1 amide bonds. The van der Waals surface area contributed by atoms with Crippen molar-refractivity contribution in [2.24, 2.45) is 0 Å². The molecule has 0 aliphatic carbocycles. The van der Waals surface area contributed by atoms with Crippen LogP contribution < -0.4 is 0 Å². The molecule has 150 valence electrons. The number of fused-ring (bicyclic) bond motifs is 1. The minimum absolute atomic E-state index is 0.0250. The lowest BCUT2D eigenvalue weighted by Crippen LogP contribution is -2.47. The highest BCUT2D eigenvalue weighted by atomic mass is 32.2. The van der Waals surface area contributed by atoms with Crippen LogP contribution >= 0.6 is 0 Å². The number of carbonyl (C=O) groups is 1. The fraction of sp³-hybridized carbons (Fsp3) is 0.765. The molecule has 4 rings (SSSR count). The Balaban J connectivity index is 1.46. The Bertz CT molecular complexity index is 818. The average Bonchev–Trinajstić information content (AvgIpc) is 3.28. The molecule has 0 atom stereocenters. The molecular weight excluding hydrogens is 370 g/mol. The van der Waals surface area contributed by atoms with E-state index in [1.54, 1.807) is 0 Å². The second-order valence-corrected chi connectivity index (χ2v) is 9.97. The fourth-order valence-electron chi connectivity index (χ4n) is 4.31. The summed E-state index contributed by atoms with van der Waals surface area (Å²) in [5, 5.41) is 7.13. The summed E-state index contributed by atoms with van der Waals surface area (Å²) < 4.78 is 33.2. The lowest BCUT2D eigenvalue weighted by Gasteiger charge is -2.38. The van der Waals surface area contributed by atoms with Crippen LogP contribution in [0.1, 0.15) is 47.4 Å². The van der Waals surface area contributed by atoms with E-state index in [4.69, 9.17) is 4.74 Å². The summed E-state index contributed by atoms with van der Waals surface area (Å²) in [6.07, 6.45) is 4.43. The average molecular weight is 398 g/mol. The molecule has 2 fully saturated rings. The van der Waals surface area contributed by atoms with Gasteiger partial charge in [-0.05, 0) is 32.1 Å². The first kappa shape index (κ1) is 18.9. The molecule has 4 heterocycles. The minimum Gasteiger partial charge on any atom is -0.375 e. The van der Waals surface area contributed by atoms with Gasteiger partial charge in [0, 0.05) is 45.9 Å². The van der Waals surface area contributed by atoms with Crippen LogP contribution in [0.3, 0.4) is 0 Å². The van der Waals surface area contributed by atoms with Gasteiger partial charge in [-0.2, -0.15) is 22.1 Å². The molecule has 0 unspecified atom stereocenters. The summed E-state index contributed by atoms with van der Waals surface area (Å²) in [4.78, 5) is 14.8. The topological polar surface area (TPSA) is 98.8 Å². The van der Waals surface area contributed by atoms with E-state index < -0.39 is 10.2 Å². The zero-order valence-electron chi connectivity index (χ0n) is 15.9. The summed E-state index contributed by atoms with van der Waals surface area (Å²) in [5.41, 5.74) is 1.98. The number of nitrogens with zero attached hydrogens (tertiary/aromatic N) is 4. The quantitative estimate of drug-likeness (QED) is 0.794. The Morgan fingerprint density at radius 3 is 2.59 bits per heavy atom. The highest BCUT2D eigenvalue weighted by molar-refractivity contribution is 7.86. The van der Waals surface area contributed by atoms with Gasteiger partial charge >= 0.3 is 0 Å². The van der Waals surface area contributed by atoms with Gasteiger partial charge in [-0.1, -0.05) is 0 Å². The molecule has 1 aromatic heterocycles. The number of H-pyrrole nitrogens is 1. The molecule has 0 aromatic carbocycles. The molecule has 0 saturated carbocycles. The van der Waals surface area contributed by atoms with E-state index in [1.165, 1.54) is 22.7 Å². The largest absolute Gasteiger partial charge is 0.375 e. The van der Waals surface area contributed by atoms with Gasteiger partial charge in [0.15, 0.2) is 5.69 Å². The van der Waals surface area contributed by atoms with Gasteiger partial charge in [-0.15, -0.1) is 0 Å². The van der Waals surface area contributed by atoms with E-state index in [0.717, 1.165) is 37.9 Å². The molecular formula is C17H27N5O4S. The van der Waals surface area contributed by atoms with Crippen molar-refractivity contribution in [2.75, 3.05) is 40.3 Å². The van der Waals surface area contributed by atoms with Crippen LogP contribution in [0, 0.1) is 0 Å². The van der Waals surface area contributed by atoms with E-state index in [0.29, 0.717) is 37.4 Å². The number of hydrogen-bond acceptors (Lipinski definition) is 5. The van der Waals surface area contributed by atoms with Crippen molar-refractivity contribution >= 4 is 16.1 Å². The SMILES string of the molecule is CN(C)S(=O)(=O)N1CCc2c(C(=O)N3CCC4(CCCO4)CC3)n[nH]c2C1. The molecule has 0 radical (unpaired) electrons. The third-order valence-electron chi connectivity index (χ3n) is 6.04.